The number of hydrogen-bond donors (Lipinski definition) is 0. The van der Waals surface area contributed by atoms with Crippen LogP contribution in [-0.4, -0.2) is 0 Å². The summed E-state index contributed by atoms with van der Waals surface area (Å²) < 4.78 is 0. The zero-order valence-electron chi connectivity index (χ0n) is 9.88. The minimum atomic E-state index is 0.737. The first-order chi connectivity index (χ1) is 6.65. The van der Waals surface area contributed by atoms with Crippen molar-refractivity contribution >= 4 is 0 Å². The summed E-state index contributed by atoms with van der Waals surface area (Å²) in [6.07, 6.45) is 2.58. The molecule has 78 valence electrons. The van der Waals surface area contributed by atoms with Gasteiger partial charge in [-0.1, -0.05) is 57.0 Å². The molecule has 1 unspecified atom stereocenters. The van der Waals surface area contributed by atoms with Gasteiger partial charge in [-0.25, -0.2) is 0 Å². The summed E-state index contributed by atoms with van der Waals surface area (Å²) in [5.74, 6) is 1.48. The fourth-order valence-corrected chi connectivity index (χ4v) is 2.01. The highest BCUT2D eigenvalue weighted by molar-refractivity contribution is 5.24. The van der Waals surface area contributed by atoms with Crippen LogP contribution in [0.2, 0.25) is 0 Å². The second-order valence-electron chi connectivity index (χ2n) is 4.55. The third-order valence-corrected chi connectivity index (χ3v) is 2.91. The molecule has 0 aromatic heterocycles. The van der Waals surface area contributed by atoms with Crippen LogP contribution in [0.3, 0.4) is 0 Å². The second-order valence-corrected chi connectivity index (χ2v) is 4.55. The van der Waals surface area contributed by atoms with Crippen molar-refractivity contribution in [1.82, 2.24) is 0 Å². The first kappa shape index (κ1) is 11.3. The molecule has 0 saturated heterocycles. The maximum atomic E-state index is 2.32. The summed E-state index contributed by atoms with van der Waals surface area (Å²) in [4.78, 5) is 0. The van der Waals surface area contributed by atoms with E-state index in [0.717, 1.165) is 11.8 Å². The summed E-state index contributed by atoms with van der Waals surface area (Å²) in [5, 5.41) is 0. The van der Waals surface area contributed by atoms with Crippen LogP contribution in [0.1, 0.15) is 50.7 Å². The number of rotatable bonds is 4. The molecule has 0 N–H and O–H groups in total. The first-order valence-corrected chi connectivity index (χ1v) is 5.71. The smallest absolute Gasteiger partial charge is 0.0139 e. The molecule has 0 aliphatic heterocycles. The molecule has 0 nitrogen and oxygen atoms in total. The molecule has 1 aromatic rings. The molecule has 0 aliphatic carbocycles. The monoisotopic (exact) mass is 190 g/mol. The van der Waals surface area contributed by atoms with E-state index in [1.54, 1.807) is 0 Å². The van der Waals surface area contributed by atoms with Crippen molar-refractivity contribution < 1.29 is 0 Å². The van der Waals surface area contributed by atoms with Crippen molar-refractivity contribution in [3.05, 3.63) is 35.4 Å². The van der Waals surface area contributed by atoms with E-state index in [1.165, 1.54) is 24.0 Å². The van der Waals surface area contributed by atoms with Gasteiger partial charge >= 0.3 is 0 Å². The average molecular weight is 190 g/mol. The van der Waals surface area contributed by atoms with Crippen LogP contribution in [-0.2, 0) is 0 Å². The van der Waals surface area contributed by atoms with Crippen LogP contribution in [0.4, 0.5) is 0 Å². The largest absolute Gasteiger partial charge is 0.0654 e. The Morgan fingerprint density at radius 3 is 2.07 bits per heavy atom. The van der Waals surface area contributed by atoms with Gasteiger partial charge in [0.15, 0.2) is 0 Å². The molecule has 1 rings (SSSR count). The topological polar surface area (TPSA) is 0 Å². The van der Waals surface area contributed by atoms with E-state index in [4.69, 9.17) is 0 Å². The molecule has 0 amide bonds. The van der Waals surface area contributed by atoms with E-state index in [2.05, 4.69) is 52.0 Å². The summed E-state index contributed by atoms with van der Waals surface area (Å²) in [5.41, 5.74) is 2.86. The lowest BCUT2D eigenvalue weighted by Crippen LogP contribution is -2.06. The van der Waals surface area contributed by atoms with Crippen molar-refractivity contribution in [1.29, 1.82) is 0 Å². The molecule has 0 saturated carbocycles. The molecule has 0 heteroatoms. The van der Waals surface area contributed by atoms with Gasteiger partial charge in [-0.05, 0) is 30.7 Å². The zero-order chi connectivity index (χ0) is 10.6. The third kappa shape index (κ3) is 2.87. The van der Waals surface area contributed by atoms with Gasteiger partial charge in [-0.2, -0.15) is 0 Å². The molecular weight excluding hydrogens is 168 g/mol. The van der Waals surface area contributed by atoms with Crippen molar-refractivity contribution in [2.24, 2.45) is 5.92 Å². The van der Waals surface area contributed by atoms with E-state index >= 15 is 0 Å². The van der Waals surface area contributed by atoms with Crippen molar-refractivity contribution in [2.75, 3.05) is 0 Å². The Morgan fingerprint density at radius 2 is 1.64 bits per heavy atom. The highest BCUT2D eigenvalue weighted by Crippen LogP contribution is 2.28. The molecule has 0 heterocycles. The van der Waals surface area contributed by atoms with E-state index < -0.39 is 0 Å². The lowest BCUT2D eigenvalue weighted by Gasteiger charge is -2.20. The van der Waals surface area contributed by atoms with Gasteiger partial charge in [0.1, 0.15) is 0 Å². The normalized spacial score (nSPS) is 13.2. The first-order valence-electron chi connectivity index (χ1n) is 5.71. The molecule has 0 spiro atoms. The van der Waals surface area contributed by atoms with Gasteiger partial charge in [-0.15, -0.1) is 0 Å². The quantitative estimate of drug-likeness (QED) is 0.654. The standard InChI is InChI=1S/C14H22/c1-5-6-14(11(2)3)13-9-7-12(4)8-10-13/h7-11,14H,5-6H2,1-4H3. The van der Waals surface area contributed by atoms with E-state index in [-0.39, 0.29) is 0 Å². The maximum Gasteiger partial charge on any atom is -0.0139 e. The van der Waals surface area contributed by atoms with E-state index in [0.29, 0.717) is 0 Å². The van der Waals surface area contributed by atoms with Crippen LogP contribution in [0.5, 0.6) is 0 Å². The highest BCUT2D eigenvalue weighted by atomic mass is 14.2. The Balaban J connectivity index is 2.82. The third-order valence-electron chi connectivity index (χ3n) is 2.91. The Bertz CT molecular complexity index is 256. The molecule has 14 heavy (non-hydrogen) atoms. The number of aryl methyl sites for hydroxylation is 1. The van der Waals surface area contributed by atoms with Crippen molar-refractivity contribution in [3.63, 3.8) is 0 Å². The minimum absolute atomic E-state index is 0.737. The predicted octanol–water partition coefficient (Wildman–Crippen LogP) is 4.53. The van der Waals surface area contributed by atoms with Gasteiger partial charge in [0, 0.05) is 0 Å². The summed E-state index contributed by atoms with van der Waals surface area (Å²) in [7, 11) is 0. The van der Waals surface area contributed by atoms with E-state index in [1.807, 2.05) is 0 Å². The predicted molar refractivity (Wildman–Crippen MR) is 63.7 cm³/mol. The molecular formula is C14H22. The van der Waals surface area contributed by atoms with Crippen LogP contribution in [0.15, 0.2) is 24.3 Å². The summed E-state index contributed by atoms with van der Waals surface area (Å²) in [6.45, 7) is 9.05. The zero-order valence-corrected chi connectivity index (χ0v) is 9.88. The van der Waals surface area contributed by atoms with Crippen LogP contribution >= 0.6 is 0 Å². The van der Waals surface area contributed by atoms with Crippen LogP contribution < -0.4 is 0 Å². The van der Waals surface area contributed by atoms with Gasteiger partial charge in [-0.3, -0.25) is 0 Å². The van der Waals surface area contributed by atoms with Crippen LogP contribution in [0.25, 0.3) is 0 Å². The van der Waals surface area contributed by atoms with Gasteiger partial charge in [0.2, 0.25) is 0 Å². The molecule has 0 fully saturated rings. The van der Waals surface area contributed by atoms with E-state index in [9.17, 15) is 0 Å². The Kier molecular flexibility index (Phi) is 4.19. The lowest BCUT2D eigenvalue weighted by molar-refractivity contribution is 0.463. The van der Waals surface area contributed by atoms with Gasteiger partial charge < -0.3 is 0 Å². The van der Waals surface area contributed by atoms with Crippen molar-refractivity contribution in [2.45, 2.75) is 46.5 Å². The summed E-state index contributed by atoms with van der Waals surface area (Å²) >= 11 is 0. The Hall–Kier alpha value is -0.780. The molecule has 1 atom stereocenters. The summed E-state index contributed by atoms with van der Waals surface area (Å²) in [6, 6.07) is 9.02. The molecule has 0 aliphatic rings. The fourth-order valence-electron chi connectivity index (χ4n) is 2.01. The van der Waals surface area contributed by atoms with Gasteiger partial charge in [0.05, 0.1) is 0 Å². The Morgan fingerprint density at radius 1 is 1.07 bits per heavy atom. The average Bonchev–Trinajstić information content (AvgIpc) is 2.15. The number of hydrogen-bond acceptors (Lipinski definition) is 0. The molecule has 0 radical (unpaired) electrons. The lowest BCUT2D eigenvalue weighted by atomic mass is 9.85. The molecule has 1 aromatic carbocycles. The maximum absolute atomic E-state index is 2.32. The molecule has 0 bridgehead atoms. The van der Waals surface area contributed by atoms with Crippen molar-refractivity contribution in [3.8, 4) is 0 Å². The van der Waals surface area contributed by atoms with Gasteiger partial charge in [0.25, 0.3) is 0 Å². The second kappa shape index (κ2) is 5.19. The SMILES string of the molecule is CCCC(c1ccc(C)cc1)C(C)C. The number of benzene rings is 1. The fraction of sp³-hybridized carbons (Fsp3) is 0.571. The highest BCUT2D eigenvalue weighted by Gasteiger charge is 2.13. The Labute approximate surface area is 88.4 Å². The minimum Gasteiger partial charge on any atom is -0.0654 e. The van der Waals surface area contributed by atoms with Crippen LogP contribution in [0, 0.1) is 12.8 Å².